The highest BCUT2D eigenvalue weighted by atomic mass is 16.4. The lowest BCUT2D eigenvalue weighted by atomic mass is 10.3. The largest absolute Gasteiger partial charge is 0.481 e. The van der Waals surface area contributed by atoms with E-state index in [0.29, 0.717) is 6.42 Å². The third kappa shape index (κ3) is 18.9. The first-order chi connectivity index (χ1) is 8.60. The van der Waals surface area contributed by atoms with Crippen molar-refractivity contribution >= 4 is 17.9 Å². The SMILES string of the molecule is CC[N+](C)(C)CCCC(=O)O.O=C(O)CCC(=O)O. The van der Waals surface area contributed by atoms with Crippen molar-refractivity contribution in [2.24, 2.45) is 0 Å². The standard InChI is InChI=1S/C8H17NO2.C4H6O4/c1-4-9(2,3)7-5-6-8(10)11;5-3(6)1-2-4(7)8/h4-7H2,1-3H3;1-2H2,(H,5,6)(H,7,8)/p+1. The van der Waals surface area contributed by atoms with Crippen LogP contribution in [0.1, 0.15) is 32.6 Å². The van der Waals surface area contributed by atoms with E-state index in [4.69, 9.17) is 15.3 Å². The minimum Gasteiger partial charge on any atom is -0.481 e. The highest BCUT2D eigenvalue weighted by Gasteiger charge is 2.11. The molecule has 0 rings (SSSR count). The molecule has 0 aliphatic heterocycles. The molecule has 19 heavy (non-hydrogen) atoms. The summed E-state index contributed by atoms with van der Waals surface area (Å²) in [4.78, 5) is 29.4. The number of carboxylic acids is 3. The zero-order valence-electron chi connectivity index (χ0n) is 11.8. The number of rotatable bonds is 8. The number of nitrogens with zero attached hydrogens (tertiary/aromatic N) is 1. The van der Waals surface area contributed by atoms with Crippen LogP contribution in [0.2, 0.25) is 0 Å². The predicted octanol–water partition coefficient (Wildman–Crippen LogP) is 0.883. The third-order valence-electron chi connectivity index (χ3n) is 2.56. The van der Waals surface area contributed by atoms with E-state index in [-0.39, 0.29) is 12.8 Å². The van der Waals surface area contributed by atoms with E-state index < -0.39 is 17.9 Å². The molecule has 0 aromatic heterocycles. The van der Waals surface area contributed by atoms with Gasteiger partial charge in [-0.1, -0.05) is 0 Å². The molecule has 0 amide bonds. The molecule has 0 aliphatic carbocycles. The molecule has 3 N–H and O–H groups in total. The fraction of sp³-hybridized carbons (Fsp3) is 0.750. The van der Waals surface area contributed by atoms with Gasteiger partial charge in [0.2, 0.25) is 0 Å². The van der Waals surface area contributed by atoms with Crippen molar-refractivity contribution in [1.29, 1.82) is 0 Å². The van der Waals surface area contributed by atoms with Crippen LogP contribution in [0.5, 0.6) is 0 Å². The fourth-order valence-electron chi connectivity index (χ4n) is 1.03. The van der Waals surface area contributed by atoms with Crippen LogP contribution < -0.4 is 0 Å². The summed E-state index contributed by atoms with van der Waals surface area (Å²) in [5, 5.41) is 24.2. The summed E-state index contributed by atoms with van der Waals surface area (Å²) in [5.41, 5.74) is 0. The van der Waals surface area contributed by atoms with Gasteiger partial charge in [0.05, 0.1) is 46.4 Å². The molecule has 0 bridgehead atoms. The summed E-state index contributed by atoms with van der Waals surface area (Å²) in [6, 6.07) is 0. The molecule has 0 saturated heterocycles. The third-order valence-corrected chi connectivity index (χ3v) is 2.56. The van der Waals surface area contributed by atoms with E-state index in [1.807, 2.05) is 0 Å². The Bertz CT molecular complexity index is 287. The molecule has 7 nitrogen and oxygen atoms in total. The minimum atomic E-state index is -1.08. The smallest absolute Gasteiger partial charge is 0.303 e. The monoisotopic (exact) mass is 278 g/mol. The van der Waals surface area contributed by atoms with Crippen molar-refractivity contribution in [2.75, 3.05) is 27.2 Å². The Labute approximate surface area is 113 Å². The average molecular weight is 278 g/mol. The van der Waals surface area contributed by atoms with Gasteiger partial charge in [-0.05, 0) is 6.92 Å². The number of quaternary nitrogens is 1. The zero-order valence-corrected chi connectivity index (χ0v) is 11.8. The second kappa shape index (κ2) is 10.3. The van der Waals surface area contributed by atoms with Gasteiger partial charge in [-0.2, -0.15) is 0 Å². The molecule has 0 aromatic rings. The van der Waals surface area contributed by atoms with Gasteiger partial charge in [0, 0.05) is 6.42 Å². The van der Waals surface area contributed by atoms with E-state index in [1.165, 1.54) is 0 Å². The second-order valence-electron chi connectivity index (χ2n) is 4.76. The number of hydrogen-bond acceptors (Lipinski definition) is 3. The molecule has 0 heterocycles. The van der Waals surface area contributed by atoms with Crippen LogP contribution >= 0.6 is 0 Å². The number of carboxylic acid groups (broad SMARTS) is 3. The molecule has 0 unspecified atom stereocenters. The number of aliphatic carboxylic acids is 3. The maximum atomic E-state index is 10.2. The van der Waals surface area contributed by atoms with Gasteiger partial charge in [0.25, 0.3) is 0 Å². The first kappa shape index (κ1) is 19.7. The van der Waals surface area contributed by atoms with Crippen LogP contribution in [-0.4, -0.2) is 64.9 Å². The van der Waals surface area contributed by atoms with Crippen molar-refractivity contribution in [3.8, 4) is 0 Å². The molecule has 7 heteroatoms. The normalized spacial score (nSPS) is 10.3. The lowest BCUT2D eigenvalue weighted by Crippen LogP contribution is -2.40. The van der Waals surface area contributed by atoms with E-state index in [9.17, 15) is 14.4 Å². The number of carbonyl (C=O) groups is 3. The maximum Gasteiger partial charge on any atom is 0.303 e. The van der Waals surface area contributed by atoms with E-state index in [1.54, 1.807) is 0 Å². The first-order valence-electron chi connectivity index (χ1n) is 6.08. The van der Waals surface area contributed by atoms with Gasteiger partial charge in [-0.3, -0.25) is 14.4 Å². The van der Waals surface area contributed by atoms with Gasteiger partial charge in [-0.15, -0.1) is 0 Å². The molecule has 0 aliphatic rings. The predicted molar refractivity (Wildman–Crippen MR) is 68.9 cm³/mol. The average Bonchev–Trinajstić information content (AvgIpc) is 2.26. The number of hydrogen-bond donors (Lipinski definition) is 3. The van der Waals surface area contributed by atoms with Crippen LogP contribution in [0.25, 0.3) is 0 Å². The molecule has 0 spiro atoms. The Balaban J connectivity index is 0. The molecular weight excluding hydrogens is 254 g/mol. The van der Waals surface area contributed by atoms with Crippen molar-refractivity contribution in [3.05, 3.63) is 0 Å². The van der Waals surface area contributed by atoms with Crippen molar-refractivity contribution in [2.45, 2.75) is 32.6 Å². The summed E-state index contributed by atoms with van der Waals surface area (Å²) >= 11 is 0. The Morgan fingerprint density at radius 3 is 1.47 bits per heavy atom. The van der Waals surface area contributed by atoms with Crippen molar-refractivity contribution in [3.63, 3.8) is 0 Å². The van der Waals surface area contributed by atoms with E-state index in [0.717, 1.165) is 24.0 Å². The van der Waals surface area contributed by atoms with E-state index in [2.05, 4.69) is 21.0 Å². The Morgan fingerprint density at radius 1 is 0.842 bits per heavy atom. The van der Waals surface area contributed by atoms with Crippen molar-refractivity contribution < 1.29 is 34.2 Å². The van der Waals surface area contributed by atoms with Gasteiger partial charge in [0.1, 0.15) is 0 Å². The highest BCUT2D eigenvalue weighted by molar-refractivity contribution is 5.75. The van der Waals surface area contributed by atoms with Crippen LogP contribution in [0, 0.1) is 0 Å². The van der Waals surface area contributed by atoms with Gasteiger partial charge >= 0.3 is 17.9 Å². The summed E-state index contributed by atoms with van der Waals surface area (Å²) in [6.45, 7) is 4.11. The Kier molecular flexibility index (Phi) is 10.7. The zero-order chi connectivity index (χ0) is 15.5. The lowest BCUT2D eigenvalue weighted by molar-refractivity contribution is -0.888. The molecular formula is C12H24NO6+. The van der Waals surface area contributed by atoms with E-state index >= 15 is 0 Å². The quantitative estimate of drug-likeness (QED) is 0.568. The summed E-state index contributed by atoms with van der Waals surface area (Å²) < 4.78 is 0.910. The lowest BCUT2D eigenvalue weighted by Gasteiger charge is -2.27. The summed E-state index contributed by atoms with van der Waals surface area (Å²) in [6.07, 6.45) is 0.475. The first-order valence-corrected chi connectivity index (χ1v) is 6.08. The maximum absolute atomic E-state index is 10.2. The highest BCUT2D eigenvalue weighted by Crippen LogP contribution is 2.00. The van der Waals surface area contributed by atoms with Crippen molar-refractivity contribution in [1.82, 2.24) is 0 Å². The summed E-state index contributed by atoms with van der Waals surface area (Å²) in [5.74, 6) is -2.85. The molecule has 0 fully saturated rings. The van der Waals surface area contributed by atoms with Gasteiger partial charge in [-0.25, -0.2) is 0 Å². The fourth-order valence-corrected chi connectivity index (χ4v) is 1.03. The van der Waals surface area contributed by atoms with Gasteiger partial charge in [0.15, 0.2) is 0 Å². The van der Waals surface area contributed by atoms with Crippen LogP contribution in [-0.2, 0) is 14.4 Å². The van der Waals surface area contributed by atoms with Gasteiger partial charge < -0.3 is 19.8 Å². The second-order valence-corrected chi connectivity index (χ2v) is 4.76. The molecule has 112 valence electrons. The minimum absolute atomic E-state index is 0.293. The van der Waals surface area contributed by atoms with Crippen LogP contribution in [0.15, 0.2) is 0 Å². The molecule has 0 radical (unpaired) electrons. The molecule has 0 saturated carbocycles. The van der Waals surface area contributed by atoms with Crippen LogP contribution in [0.4, 0.5) is 0 Å². The molecule has 0 aromatic carbocycles. The molecule has 0 atom stereocenters. The Morgan fingerprint density at radius 2 is 1.21 bits per heavy atom. The van der Waals surface area contributed by atoms with Crippen LogP contribution in [0.3, 0.4) is 0 Å². The summed E-state index contributed by atoms with van der Waals surface area (Å²) in [7, 11) is 4.23. The topological polar surface area (TPSA) is 112 Å². The Hall–Kier alpha value is -1.63.